The van der Waals surface area contributed by atoms with Crippen molar-refractivity contribution >= 4 is 11.5 Å². The van der Waals surface area contributed by atoms with Gasteiger partial charge in [0.15, 0.2) is 5.78 Å². The average molecular weight is 335 g/mol. The molecule has 0 spiro atoms. The summed E-state index contributed by atoms with van der Waals surface area (Å²) in [6.45, 7) is 2.77. The number of hydrogen-bond acceptors (Lipinski definition) is 5. The molecule has 2 N–H and O–H groups in total. The zero-order valence-corrected chi connectivity index (χ0v) is 12.7. The number of carbonyl (C=O) groups is 1. The molecule has 0 radical (unpaired) electrons. The van der Waals surface area contributed by atoms with Gasteiger partial charge in [-0.05, 0) is 32.0 Å². The topological polar surface area (TPSA) is 89.0 Å². The first-order valence-corrected chi connectivity index (χ1v) is 6.71. The lowest BCUT2D eigenvalue weighted by Crippen LogP contribution is -2.09. The number of Topliss-reactive ketones (excluding diaryl/α,β-unsaturated/α-hetero) is 1. The number of nitrogens with two attached hydrogens (primary N) is 1. The summed E-state index contributed by atoms with van der Waals surface area (Å²) in [5.74, 6) is -0.778. The van der Waals surface area contributed by atoms with Gasteiger partial charge in [0, 0.05) is 0 Å². The Morgan fingerprint density at radius 1 is 1.38 bits per heavy atom. The number of nitrogen functional groups attached to an aromatic ring is 1. The van der Waals surface area contributed by atoms with E-state index in [0.717, 1.165) is 12.1 Å². The van der Waals surface area contributed by atoms with Crippen LogP contribution in [-0.4, -0.2) is 10.8 Å². The van der Waals surface area contributed by atoms with Gasteiger partial charge in [-0.3, -0.25) is 4.79 Å². The summed E-state index contributed by atoms with van der Waals surface area (Å²) >= 11 is 0. The molecule has 124 valence electrons. The van der Waals surface area contributed by atoms with Crippen LogP contribution in [0.1, 0.15) is 34.1 Å². The Kier molecular flexibility index (Phi) is 4.46. The minimum absolute atomic E-state index is 0.0861. The molecule has 1 aromatic carbocycles. The van der Waals surface area contributed by atoms with Gasteiger partial charge in [0.25, 0.3) is 0 Å². The molecule has 5 nitrogen and oxygen atoms in total. The number of anilines is 1. The van der Waals surface area contributed by atoms with Crippen LogP contribution < -0.4 is 10.5 Å². The number of aromatic nitrogens is 1. The maximum absolute atomic E-state index is 12.7. The number of alkyl halides is 3. The Hall–Kier alpha value is -3.08. The number of pyridine rings is 1. The Morgan fingerprint density at radius 2 is 2.04 bits per heavy atom. The van der Waals surface area contributed by atoms with Gasteiger partial charge in [0.1, 0.15) is 17.4 Å². The SMILES string of the molecule is CC(=O)c1c(C)nc(Oc2cccc(C(F)(F)F)c2)c(C#N)c1N. The van der Waals surface area contributed by atoms with Gasteiger partial charge < -0.3 is 10.5 Å². The second kappa shape index (κ2) is 6.20. The van der Waals surface area contributed by atoms with Crippen molar-refractivity contribution in [2.75, 3.05) is 5.73 Å². The van der Waals surface area contributed by atoms with Crippen molar-refractivity contribution in [3.8, 4) is 17.7 Å². The predicted molar refractivity (Wildman–Crippen MR) is 79.6 cm³/mol. The molecule has 0 aliphatic carbocycles. The molecule has 0 amide bonds. The highest BCUT2D eigenvalue weighted by Crippen LogP contribution is 2.34. The Bertz CT molecular complexity index is 855. The van der Waals surface area contributed by atoms with Crippen LogP contribution in [0, 0.1) is 18.3 Å². The first-order valence-electron chi connectivity index (χ1n) is 6.71. The van der Waals surface area contributed by atoms with Crippen molar-refractivity contribution in [3.05, 3.63) is 46.6 Å². The number of carbonyl (C=O) groups excluding carboxylic acids is 1. The van der Waals surface area contributed by atoms with Gasteiger partial charge in [0.05, 0.1) is 22.5 Å². The molecule has 0 bridgehead atoms. The molecule has 0 aliphatic heterocycles. The van der Waals surface area contributed by atoms with Gasteiger partial charge in [-0.2, -0.15) is 18.4 Å². The van der Waals surface area contributed by atoms with E-state index in [0.29, 0.717) is 0 Å². The highest BCUT2D eigenvalue weighted by molar-refractivity contribution is 6.01. The Morgan fingerprint density at radius 3 is 2.58 bits per heavy atom. The second-order valence-electron chi connectivity index (χ2n) is 4.96. The van der Waals surface area contributed by atoms with Crippen LogP contribution in [0.15, 0.2) is 24.3 Å². The average Bonchev–Trinajstić information content (AvgIpc) is 2.46. The lowest BCUT2D eigenvalue weighted by Gasteiger charge is -2.13. The number of hydrogen-bond donors (Lipinski definition) is 1. The molecule has 0 saturated carbocycles. The van der Waals surface area contributed by atoms with Crippen LogP contribution >= 0.6 is 0 Å². The molecule has 0 fully saturated rings. The first-order chi connectivity index (χ1) is 11.1. The zero-order chi connectivity index (χ0) is 18.1. The number of ketones is 1. The third-order valence-electron chi connectivity index (χ3n) is 3.22. The van der Waals surface area contributed by atoms with E-state index in [1.807, 2.05) is 0 Å². The normalized spacial score (nSPS) is 11.0. The zero-order valence-electron chi connectivity index (χ0n) is 12.7. The minimum atomic E-state index is -4.53. The van der Waals surface area contributed by atoms with E-state index in [1.165, 1.54) is 26.0 Å². The van der Waals surface area contributed by atoms with Crippen molar-refractivity contribution < 1.29 is 22.7 Å². The second-order valence-corrected chi connectivity index (χ2v) is 4.96. The summed E-state index contributed by atoms with van der Waals surface area (Å²) in [5.41, 5.74) is 4.90. The summed E-state index contributed by atoms with van der Waals surface area (Å²) < 4.78 is 43.5. The highest BCUT2D eigenvalue weighted by Gasteiger charge is 2.31. The number of aryl methyl sites for hydroxylation is 1. The summed E-state index contributed by atoms with van der Waals surface area (Å²) in [6.07, 6.45) is -4.53. The smallest absolute Gasteiger partial charge is 0.416 e. The quantitative estimate of drug-likeness (QED) is 0.860. The van der Waals surface area contributed by atoms with E-state index in [2.05, 4.69) is 4.98 Å². The molecule has 8 heteroatoms. The van der Waals surface area contributed by atoms with E-state index in [-0.39, 0.29) is 39.9 Å². The van der Waals surface area contributed by atoms with Crippen LogP contribution in [0.25, 0.3) is 0 Å². The van der Waals surface area contributed by atoms with Crippen molar-refractivity contribution in [2.24, 2.45) is 0 Å². The number of rotatable bonds is 3. The van der Waals surface area contributed by atoms with Gasteiger partial charge in [-0.15, -0.1) is 0 Å². The number of nitrogens with zero attached hydrogens (tertiary/aromatic N) is 2. The molecular formula is C16H12F3N3O2. The lowest BCUT2D eigenvalue weighted by atomic mass is 10.0. The standard InChI is InChI=1S/C16H12F3N3O2/c1-8-13(9(2)23)14(21)12(7-20)15(22-8)24-11-5-3-4-10(6-11)16(17,18)19/h3-6H,1-2H3,(H2,21,22). The fraction of sp³-hybridized carbons (Fsp3) is 0.188. The molecule has 2 aromatic rings. The minimum Gasteiger partial charge on any atom is -0.438 e. The van der Waals surface area contributed by atoms with Gasteiger partial charge in [-0.25, -0.2) is 4.98 Å². The van der Waals surface area contributed by atoms with E-state index in [9.17, 15) is 23.2 Å². The van der Waals surface area contributed by atoms with E-state index in [1.54, 1.807) is 6.07 Å². The van der Waals surface area contributed by atoms with Crippen LogP contribution in [0.3, 0.4) is 0 Å². The summed E-state index contributed by atoms with van der Waals surface area (Å²) in [6, 6.07) is 5.91. The van der Waals surface area contributed by atoms with Crippen molar-refractivity contribution in [2.45, 2.75) is 20.0 Å². The summed E-state index contributed by atoms with van der Waals surface area (Å²) in [7, 11) is 0. The number of ether oxygens (including phenoxy) is 1. The van der Waals surface area contributed by atoms with Crippen LogP contribution in [0.4, 0.5) is 18.9 Å². The van der Waals surface area contributed by atoms with E-state index >= 15 is 0 Å². The summed E-state index contributed by atoms with van der Waals surface area (Å²) in [4.78, 5) is 15.6. The molecule has 1 heterocycles. The molecular weight excluding hydrogens is 323 g/mol. The Balaban J connectivity index is 2.52. The summed E-state index contributed by atoms with van der Waals surface area (Å²) in [5, 5.41) is 9.22. The maximum atomic E-state index is 12.7. The molecule has 2 rings (SSSR count). The van der Waals surface area contributed by atoms with Gasteiger partial charge in [0.2, 0.25) is 5.88 Å². The molecule has 1 aromatic heterocycles. The van der Waals surface area contributed by atoms with Crippen LogP contribution in [0.2, 0.25) is 0 Å². The lowest BCUT2D eigenvalue weighted by molar-refractivity contribution is -0.137. The molecule has 0 atom stereocenters. The van der Waals surface area contributed by atoms with Crippen molar-refractivity contribution in [1.29, 1.82) is 5.26 Å². The van der Waals surface area contributed by atoms with E-state index < -0.39 is 11.7 Å². The molecule has 0 unspecified atom stereocenters. The monoisotopic (exact) mass is 335 g/mol. The highest BCUT2D eigenvalue weighted by atomic mass is 19.4. The van der Waals surface area contributed by atoms with Crippen molar-refractivity contribution in [1.82, 2.24) is 4.98 Å². The third kappa shape index (κ3) is 3.30. The van der Waals surface area contributed by atoms with E-state index in [4.69, 9.17) is 10.5 Å². The van der Waals surface area contributed by atoms with Crippen LogP contribution in [0.5, 0.6) is 11.6 Å². The Labute approximate surface area is 135 Å². The first kappa shape index (κ1) is 17.3. The number of benzene rings is 1. The third-order valence-corrected chi connectivity index (χ3v) is 3.22. The molecule has 0 aliphatic rings. The number of halogens is 3. The fourth-order valence-electron chi connectivity index (χ4n) is 2.17. The number of nitriles is 1. The predicted octanol–water partition coefficient (Wildman–Crippen LogP) is 3.86. The molecule has 24 heavy (non-hydrogen) atoms. The maximum Gasteiger partial charge on any atom is 0.416 e. The fourth-order valence-corrected chi connectivity index (χ4v) is 2.17. The van der Waals surface area contributed by atoms with Crippen molar-refractivity contribution in [3.63, 3.8) is 0 Å². The molecule has 0 saturated heterocycles. The van der Waals surface area contributed by atoms with Gasteiger partial charge in [-0.1, -0.05) is 6.07 Å². The van der Waals surface area contributed by atoms with Crippen LogP contribution in [-0.2, 0) is 6.18 Å². The largest absolute Gasteiger partial charge is 0.438 e. The van der Waals surface area contributed by atoms with Gasteiger partial charge >= 0.3 is 6.18 Å².